The topological polar surface area (TPSA) is 29.5 Å². The van der Waals surface area contributed by atoms with Crippen LogP contribution in [0.1, 0.15) is 65.7 Å². The molecule has 19 heavy (non-hydrogen) atoms. The highest BCUT2D eigenvalue weighted by atomic mass is 16.5. The summed E-state index contributed by atoms with van der Waals surface area (Å²) in [6, 6.07) is 0. The van der Waals surface area contributed by atoms with Gasteiger partial charge in [0.2, 0.25) is 0 Å². The maximum Gasteiger partial charge on any atom is 0.0830 e. The van der Waals surface area contributed by atoms with Crippen molar-refractivity contribution in [3.8, 4) is 0 Å². The molecule has 2 nitrogen and oxygen atoms in total. The summed E-state index contributed by atoms with van der Waals surface area (Å²) in [5, 5.41) is 10.7. The molecule has 4 saturated carbocycles. The predicted octanol–water partition coefficient (Wildman–Crippen LogP) is 3.77. The molecule has 110 valence electrons. The monoisotopic (exact) mass is 266 g/mol. The van der Waals surface area contributed by atoms with E-state index >= 15 is 0 Å². The van der Waals surface area contributed by atoms with Crippen molar-refractivity contribution in [1.29, 1.82) is 0 Å². The number of ether oxygens (including phenoxy) is 1. The SMILES string of the molecule is CCC(C)(C)OCC(O)C12CC3CC(CC(C3)C1)C2. The Hall–Kier alpha value is -0.0800. The smallest absolute Gasteiger partial charge is 0.0830 e. The van der Waals surface area contributed by atoms with Gasteiger partial charge in [-0.2, -0.15) is 0 Å². The highest BCUT2D eigenvalue weighted by molar-refractivity contribution is 5.04. The van der Waals surface area contributed by atoms with Gasteiger partial charge in [0.25, 0.3) is 0 Å². The minimum atomic E-state index is -0.244. The van der Waals surface area contributed by atoms with Crippen LogP contribution in [-0.2, 0) is 4.74 Å². The molecule has 2 heteroatoms. The Morgan fingerprint density at radius 3 is 2.00 bits per heavy atom. The zero-order chi connectivity index (χ0) is 13.7. The lowest BCUT2D eigenvalue weighted by atomic mass is 9.48. The lowest BCUT2D eigenvalue weighted by molar-refractivity contribution is -0.157. The van der Waals surface area contributed by atoms with E-state index in [0.29, 0.717) is 6.61 Å². The Labute approximate surface area is 117 Å². The van der Waals surface area contributed by atoms with Gasteiger partial charge >= 0.3 is 0 Å². The summed E-state index contributed by atoms with van der Waals surface area (Å²) in [6.45, 7) is 6.93. The zero-order valence-electron chi connectivity index (χ0n) is 12.8. The lowest BCUT2D eigenvalue weighted by Gasteiger charge is -2.58. The van der Waals surface area contributed by atoms with E-state index in [1.807, 2.05) is 0 Å². The first-order valence-electron chi connectivity index (χ1n) is 8.24. The Balaban J connectivity index is 1.64. The predicted molar refractivity (Wildman–Crippen MR) is 76.9 cm³/mol. The minimum Gasteiger partial charge on any atom is -0.390 e. The molecule has 0 amide bonds. The van der Waals surface area contributed by atoms with Gasteiger partial charge in [-0.15, -0.1) is 0 Å². The van der Waals surface area contributed by atoms with Crippen LogP contribution in [0, 0.1) is 23.2 Å². The number of aliphatic hydroxyl groups excluding tert-OH is 1. The van der Waals surface area contributed by atoms with E-state index in [0.717, 1.165) is 24.2 Å². The van der Waals surface area contributed by atoms with Crippen molar-refractivity contribution >= 4 is 0 Å². The number of hydrogen-bond donors (Lipinski definition) is 1. The van der Waals surface area contributed by atoms with Crippen LogP contribution in [0.2, 0.25) is 0 Å². The molecule has 0 aromatic heterocycles. The summed E-state index contributed by atoms with van der Waals surface area (Å²) in [5.41, 5.74) is 0.113. The van der Waals surface area contributed by atoms with Crippen molar-refractivity contribution in [2.24, 2.45) is 23.2 Å². The lowest BCUT2D eigenvalue weighted by Crippen LogP contribution is -2.53. The van der Waals surface area contributed by atoms with E-state index in [4.69, 9.17) is 4.74 Å². The third-order valence-corrected chi connectivity index (χ3v) is 6.28. The quantitative estimate of drug-likeness (QED) is 0.821. The zero-order valence-corrected chi connectivity index (χ0v) is 12.8. The fraction of sp³-hybridized carbons (Fsp3) is 1.00. The Morgan fingerprint density at radius 1 is 1.11 bits per heavy atom. The van der Waals surface area contributed by atoms with Crippen LogP contribution in [-0.4, -0.2) is 23.4 Å². The summed E-state index contributed by atoms with van der Waals surface area (Å²) < 4.78 is 5.98. The van der Waals surface area contributed by atoms with Crippen LogP contribution in [0.4, 0.5) is 0 Å². The average molecular weight is 266 g/mol. The minimum absolute atomic E-state index is 0.0940. The molecule has 4 bridgehead atoms. The molecule has 4 aliphatic carbocycles. The van der Waals surface area contributed by atoms with Gasteiger partial charge in [0.05, 0.1) is 18.3 Å². The van der Waals surface area contributed by atoms with Gasteiger partial charge in [-0.3, -0.25) is 0 Å². The molecule has 0 radical (unpaired) electrons. The molecule has 4 aliphatic rings. The first-order valence-corrected chi connectivity index (χ1v) is 8.24. The van der Waals surface area contributed by atoms with Gasteiger partial charge in [0.15, 0.2) is 0 Å². The fourth-order valence-corrected chi connectivity index (χ4v) is 5.17. The summed E-state index contributed by atoms with van der Waals surface area (Å²) in [4.78, 5) is 0. The number of rotatable bonds is 5. The van der Waals surface area contributed by atoms with Gasteiger partial charge in [-0.25, -0.2) is 0 Å². The van der Waals surface area contributed by atoms with E-state index in [9.17, 15) is 5.11 Å². The van der Waals surface area contributed by atoms with E-state index in [2.05, 4.69) is 20.8 Å². The van der Waals surface area contributed by atoms with Crippen LogP contribution in [0.5, 0.6) is 0 Å². The molecule has 0 saturated heterocycles. The third-order valence-electron chi connectivity index (χ3n) is 6.28. The van der Waals surface area contributed by atoms with E-state index in [-0.39, 0.29) is 17.1 Å². The van der Waals surface area contributed by atoms with Crippen molar-refractivity contribution < 1.29 is 9.84 Å². The van der Waals surface area contributed by atoms with Crippen molar-refractivity contribution in [3.05, 3.63) is 0 Å². The molecule has 0 heterocycles. The molecule has 4 rings (SSSR count). The van der Waals surface area contributed by atoms with Gasteiger partial charge < -0.3 is 9.84 Å². The van der Waals surface area contributed by atoms with Crippen LogP contribution in [0.3, 0.4) is 0 Å². The molecule has 0 aliphatic heterocycles. The van der Waals surface area contributed by atoms with Crippen LogP contribution < -0.4 is 0 Å². The molecular weight excluding hydrogens is 236 g/mol. The summed E-state index contributed by atoms with van der Waals surface area (Å²) in [5.74, 6) is 2.71. The van der Waals surface area contributed by atoms with Gasteiger partial charge in [-0.05, 0) is 82.0 Å². The maximum absolute atomic E-state index is 10.7. The highest BCUT2D eigenvalue weighted by Gasteiger charge is 2.54. The first kappa shape index (κ1) is 13.9. The molecule has 4 fully saturated rings. The molecule has 1 unspecified atom stereocenters. The second kappa shape index (κ2) is 4.73. The molecule has 1 atom stereocenters. The van der Waals surface area contributed by atoms with Crippen molar-refractivity contribution in [1.82, 2.24) is 0 Å². The third kappa shape index (κ3) is 2.58. The largest absolute Gasteiger partial charge is 0.390 e. The second-order valence-corrected chi connectivity index (χ2v) is 8.22. The molecule has 0 spiro atoms. The number of aliphatic hydroxyl groups is 1. The van der Waals surface area contributed by atoms with Gasteiger partial charge in [0.1, 0.15) is 0 Å². The molecule has 0 aromatic carbocycles. The summed E-state index contributed by atoms with van der Waals surface area (Å²) >= 11 is 0. The van der Waals surface area contributed by atoms with Crippen molar-refractivity contribution in [3.63, 3.8) is 0 Å². The second-order valence-electron chi connectivity index (χ2n) is 8.22. The average Bonchev–Trinajstić information content (AvgIpc) is 2.34. The maximum atomic E-state index is 10.7. The van der Waals surface area contributed by atoms with E-state index in [1.54, 1.807) is 0 Å². The summed E-state index contributed by atoms with van der Waals surface area (Å²) in [7, 11) is 0. The Kier molecular flexibility index (Phi) is 3.46. The van der Waals surface area contributed by atoms with Crippen LogP contribution in [0.25, 0.3) is 0 Å². The van der Waals surface area contributed by atoms with Crippen LogP contribution in [0.15, 0.2) is 0 Å². The molecule has 1 N–H and O–H groups in total. The normalized spacial score (nSPS) is 42.6. The van der Waals surface area contributed by atoms with Crippen molar-refractivity contribution in [2.75, 3.05) is 6.61 Å². The van der Waals surface area contributed by atoms with Gasteiger partial charge in [0, 0.05) is 0 Å². The standard InChI is InChI=1S/C17H30O2/c1-4-16(2,3)19-11-15(18)17-8-12-5-13(9-17)7-14(6-12)10-17/h12-15,18H,4-11H2,1-3H3. The van der Waals surface area contributed by atoms with Crippen molar-refractivity contribution in [2.45, 2.75) is 77.4 Å². The fourth-order valence-electron chi connectivity index (χ4n) is 5.17. The van der Waals surface area contributed by atoms with E-state index < -0.39 is 0 Å². The van der Waals surface area contributed by atoms with Crippen LogP contribution >= 0.6 is 0 Å². The number of hydrogen-bond acceptors (Lipinski definition) is 2. The Bertz CT molecular complexity index is 299. The highest BCUT2D eigenvalue weighted by Crippen LogP contribution is 2.61. The first-order chi connectivity index (χ1) is 8.92. The summed E-state index contributed by atoms with van der Waals surface area (Å²) in [6.07, 6.45) is 8.85. The molecular formula is C17H30O2. The Morgan fingerprint density at radius 2 is 1.58 bits per heavy atom. The molecule has 0 aromatic rings. The van der Waals surface area contributed by atoms with E-state index in [1.165, 1.54) is 38.5 Å². The van der Waals surface area contributed by atoms with Gasteiger partial charge in [-0.1, -0.05) is 6.92 Å².